The van der Waals surface area contributed by atoms with Crippen LogP contribution in [0.1, 0.15) is 18.1 Å². The number of amides is 2. The molecule has 0 aromatic heterocycles. The third kappa shape index (κ3) is 5.75. The van der Waals surface area contributed by atoms with Gasteiger partial charge in [0.2, 0.25) is 0 Å². The molecule has 0 radical (unpaired) electrons. The van der Waals surface area contributed by atoms with Crippen molar-refractivity contribution in [2.75, 3.05) is 26.9 Å². The van der Waals surface area contributed by atoms with Crippen LogP contribution >= 0.6 is 0 Å². The van der Waals surface area contributed by atoms with Crippen LogP contribution in [0.15, 0.2) is 65.9 Å². The molecule has 0 aliphatic carbocycles. The van der Waals surface area contributed by atoms with Crippen molar-refractivity contribution in [3.63, 3.8) is 0 Å². The second-order valence-corrected chi connectivity index (χ2v) is 6.76. The summed E-state index contributed by atoms with van der Waals surface area (Å²) in [6.45, 7) is 1.57. The standard InChI is InChI=1S/C24H24N2O6/c1-3-31-23(28)20-14-25-24(29)26-21(20)15-32-22(27)19(17-9-5-4-6-10-17)13-16-8-7-11-18(12-16)30-2/h4-13H,3,14-15H2,1-2H3,(H2,25,26,29)/b19-13+. The van der Waals surface area contributed by atoms with E-state index in [1.807, 2.05) is 30.3 Å². The summed E-state index contributed by atoms with van der Waals surface area (Å²) in [5, 5.41) is 5.03. The highest BCUT2D eigenvalue weighted by atomic mass is 16.5. The zero-order valence-electron chi connectivity index (χ0n) is 17.8. The van der Waals surface area contributed by atoms with E-state index < -0.39 is 18.0 Å². The fourth-order valence-corrected chi connectivity index (χ4v) is 3.06. The fourth-order valence-electron chi connectivity index (χ4n) is 3.06. The zero-order valence-corrected chi connectivity index (χ0v) is 17.8. The minimum Gasteiger partial charge on any atom is -0.497 e. The van der Waals surface area contributed by atoms with Gasteiger partial charge in [-0.1, -0.05) is 42.5 Å². The summed E-state index contributed by atoms with van der Waals surface area (Å²) in [4.78, 5) is 37.0. The Morgan fingerprint density at radius 2 is 1.84 bits per heavy atom. The van der Waals surface area contributed by atoms with Crippen LogP contribution in [-0.4, -0.2) is 44.8 Å². The Morgan fingerprint density at radius 3 is 2.56 bits per heavy atom. The van der Waals surface area contributed by atoms with Crippen LogP contribution < -0.4 is 15.4 Å². The predicted molar refractivity (Wildman–Crippen MR) is 118 cm³/mol. The van der Waals surface area contributed by atoms with E-state index in [0.717, 1.165) is 5.56 Å². The number of benzene rings is 2. The van der Waals surface area contributed by atoms with E-state index in [2.05, 4.69) is 10.6 Å². The molecular formula is C24H24N2O6. The lowest BCUT2D eigenvalue weighted by Crippen LogP contribution is -2.45. The monoisotopic (exact) mass is 436 g/mol. The van der Waals surface area contributed by atoms with Crippen molar-refractivity contribution in [3.8, 4) is 5.75 Å². The highest BCUT2D eigenvalue weighted by Gasteiger charge is 2.25. The number of hydrogen-bond donors (Lipinski definition) is 2. The molecule has 0 atom stereocenters. The molecule has 0 fully saturated rings. The number of carbonyl (C=O) groups excluding carboxylic acids is 3. The van der Waals surface area contributed by atoms with Crippen LogP contribution in [0.3, 0.4) is 0 Å². The average Bonchev–Trinajstić information content (AvgIpc) is 2.82. The maximum absolute atomic E-state index is 13.0. The summed E-state index contributed by atoms with van der Waals surface area (Å²) in [5.41, 5.74) is 2.13. The summed E-state index contributed by atoms with van der Waals surface area (Å²) in [5.74, 6) is -0.537. The second-order valence-electron chi connectivity index (χ2n) is 6.76. The summed E-state index contributed by atoms with van der Waals surface area (Å²) in [6.07, 6.45) is 1.70. The van der Waals surface area contributed by atoms with Gasteiger partial charge in [0, 0.05) is 0 Å². The van der Waals surface area contributed by atoms with Crippen molar-refractivity contribution in [3.05, 3.63) is 77.0 Å². The molecule has 0 spiro atoms. The van der Waals surface area contributed by atoms with Crippen molar-refractivity contribution in [2.45, 2.75) is 6.92 Å². The molecule has 0 saturated heterocycles. The zero-order chi connectivity index (χ0) is 22.9. The first-order valence-corrected chi connectivity index (χ1v) is 10.0. The summed E-state index contributed by atoms with van der Waals surface area (Å²) < 4.78 is 15.8. The number of carbonyl (C=O) groups is 3. The van der Waals surface area contributed by atoms with Crippen LogP contribution in [0.2, 0.25) is 0 Å². The molecule has 1 aliphatic rings. The van der Waals surface area contributed by atoms with Gasteiger partial charge in [0.05, 0.1) is 37.1 Å². The van der Waals surface area contributed by atoms with Crippen LogP contribution in [0.4, 0.5) is 4.79 Å². The van der Waals surface area contributed by atoms with E-state index in [1.165, 1.54) is 0 Å². The lowest BCUT2D eigenvalue weighted by Gasteiger charge is -2.21. The third-order valence-electron chi connectivity index (χ3n) is 4.63. The van der Waals surface area contributed by atoms with Gasteiger partial charge in [-0.25, -0.2) is 14.4 Å². The first-order chi connectivity index (χ1) is 15.5. The van der Waals surface area contributed by atoms with Gasteiger partial charge in [0.1, 0.15) is 12.4 Å². The maximum Gasteiger partial charge on any atom is 0.339 e. The lowest BCUT2D eigenvalue weighted by molar-refractivity contribution is -0.139. The van der Waals surface area contributed by atoms with Crippen molar-refractivity contribution in [2.24, 2.45) is 0 Å². The van der Waals surface area contributed by atoms with E-state index in [1.54, 1.807) is 44.4 Å². The molecule has 2 amide bonds. The lowest BCUT2D eigenvalue weighted by atomic mass is 10.0. The first-order valence-electron chi connectivity index (χ1n) is 10.0. The number of hydrogen-bond acceptors (Lipinski definition) is 6. The van der Waals surface area contributed by atoms with E-state index in [0.29, 0.717) is 16.9 Å². The molecule has 32 heavy (non-hydrogen) atoms. The Kier molecular flexibility index (Phi) is 7.64. The van der Waals surface area contributed by atoms with Crippen molar-refractivity contribution < 1.29 is 28.6 Å². The fraction of sp³-hybridized carbons (Fsp3) is 0.208. The van der Waals surface area contributed by atoms with Crippen LogP contribution in [0, 0.1) is 0 Å². The minimum atomic E-state index is -0.609. The van der Waals surface area contributed by atoms with Crippen LogP contribution in [-0.2, 0) is 19.1 Å². The van der Waals surface area contributed by atoms with Gasteiger partial charge in [-0.15, -0.1) is 0 Å². The molecule has 2 aromatic carbocycles. The predicted octanol–water partition coefficient (Wildman–Crippen LogP) is 2.91. The minimum absolute atomic E-state index is 0.0112. The van der Waals surface area contributed by atoms with Crippen molar-refractivity contribution in [1.29, 1.82) is 0 Å². The van der Waals surface area contributed by atoms with E-state index >= 15 is 0 Å². The molecule has 1 heterocycles. The van der Waals surface area contributed by atoms with Gasteiger partial charge < -0.3 is 24.8 Å². The molecule has 3 rings (SSSR count). The van der Waals surface area contributed by atoms with E-state index in [4.69, 9.17) is 14.2 Å². The highest BCUT2D eigenvalue weighted by Crippen LogP contribution is 2.22. The number of urea groups is 1. The molecular weight excluding hydrogens is 412 g/mol. The number of methoxy groups -OCH3 is 1. The summed E-state index contributed by atoms with van der Waals surface area (Å²) >= 11 is 0. The van der Waals surface area contributed by atoms with Gasteiger partial charge in [-0.05, 0) is 36.3 Å². The number of nitrogens with one attached hydrogen (secondary N) is 2. The van der Waals surface area contributed by atoms with Crippen LogP contribution in [0.25, 0.3) is 11.6 Å². The number of rotatable bonds is 8. The SMILES string of the molecule is CCOC(=O)C1=C(COC(=O)/C(=C/c2cccc(OC)c2)c2ccccc2)NC(=O)NC1. The number of esters is 2. The van der Waals surface area contributed by atoms with Crippen molar-refractivity contribution in [1.82, 2.24) is 10.6 Å². The molecule has 8 nitrogen and oxygen atoms in total. The Labute approximate surface area is 185 Å². The maximum atomic E-state index is 13.0. The van der Waals surface area contributed by atoms with Gasteiger partial charge >= 0.3 is 18.0 Å². The molecule has 2 N–H and O–H groups in total. The van der Waals surface area contributed by atoms with E-state index in [9.17, 15) is 14.4 Å². The Bertz CT molecular complexity index is 1060. The number of ether oxygens (including phenoxy) is 3. The largest absolute Gasteiger partial charge is 0.497 e. The van der Waals surface area contributed by atoms with Gasteiger partial charge in [0.25, 0.3) is 0 Å². The molecule has 166 valence electrons. The second kappa shape index (κ2) is 10.8. The Morgan fingerprint density at radius 1 is 1.06 bits per heavy atom. The Balaban J connectivity index is 1.87. The normalized spacial score (nSPS) is 13.7. The molecule has 2 aromatic rings. The summed E-state index contributed by atoms with van der Waals surface area (Å²) in [6, 6.07) is 15.8. The van der Waals surface area contributed by atoms with Crippen LogP contribution in [0.5, 0.6) is 5.75 Å². The molecule has 0 saturated carbocycles. The topological polar surface area (TPSA) is 103 Å². The quantitative estimate of drug-likeness (QED) is 0.375. The first kappa shape index (κ1) is 22.6. The third-order valence-corrected chi connectivity index (χ3v) is 4.63. The molecule has 1 aliphatic heterocycles. The smallest absolute Gasteiger partial charge is 0.339 e. The molecule has 0 unspecified atom stereocenters. The Hall–Kier alpha value is -4.07. The highest BCUT2D eigenvalue weighted by molar-refractivity contribution is 6.21. The summed E-state index contributed by atoms with van der Waals surface area (Å²) in [7, 11) is 1.57. The molecule has 0 bridgehead atoms. The van der Waals surface area contributed by atoms with Gasteiger partial charge in [-0.2, -0.15) is 0 Å². The molecule has 8 heteroatoms. The van der Waals surface area contributed by atoms with Gasteiger partial charge in [-0.3, -0.25) is 0 Å². The average molecular weight is 436 g/mol. The van der Waals surface area contributed by atoms with Crippen molar-refractivity contribution >= 4 is 29.6 Å². The van der Waals surface area contributed by atoms with Gasteiger partial charge in [0.15, 0.2) is 0 Å². The van der Waals surface area contributed by atoms with E-state index in [-0.39, 0.29) is 31.0 Å².